The van der Waals surface area contributed by atoms with Gasteiger partial charge in [0.15, 0.2) is 0 Å². The molecule has 0 aliphatic rings. The van der Waals surface area contributed by atoms with Crippen molar-refractivity contribution in [2.24, 2.45) is 4.99 Å². The molecule has 3 rings (SSSR count). The van der Waals surface area contributed by atoms with E-state index in [2.05, 4.69) is 20.3 Å². The molecule has 3 N–H and O–H groups in total. The summed E-state index contributed by atoms with van der Waals surface area (Å²) in [5, 5.41) is 32.0. The molecule has 10 heteroatoms. The van der Waals surface area contributed by atoms with Crippen LogP contribution in [0.2, 0.25) is 0 Å². The lowest BCUT2D eigenvalue weighted by atomic mass is 10.0. The van der Waals surface area contributed by atoms with E-state index < -0.39 is 23.3 Å². The van der Waals surface area contributed by atoms with Crippen molar-refractivity contribution in [2.45, 2.75) is 51.5 Å². The third kappa shape index (κ3) is 6.01. The molecule has 1 atom stereocenters. The lowest BCUT2D eigenvalue weighted by molar-refractivity contribution is -0.00177. The number of carbonyl (C=O) groups is 1. The quantitative estimate of drug-likeness (QED) is 0.437. The Morgan fingerprint density at radius 1 is 1.29 bits per heavy atom. The molecule has 0 radical (unpaired) electrons. The van der Waals surface area contributed by atoms with Crippen LogP contribution in [0.4, 0.5) is 10.1 Å². The number of rotatable bonds is 8. The number of nitrogens with one attached hydrogen (secondary N) is 1. The van der Waals surface area contributed by atoms with Gasteiger partial charge in [0, 0.05) is 42.7 Å². The first kappa shape index (κ1) is 25.0. The van der Waals surface area contributed by atoms with E-state index in [1.165, 1.54) is 32.5 Å². The molecule has 3 aromatic heterocycles. The van der Waals surface area contributed by atoms with E-state index in [0.717, 1.165) is 5.39 Å². The highest BCUT2D eigenvalue weighted by molar-refractivity contribution is 5.99. The van der Waals surface area contributed by atoms with Crippen molar-refractivity contribution in [3.8, 4) is 11.9 Å². The molecule has 1 amide bonds. The summed E-state index contributed by atoms with van der Waals surface area (Å²) >= 11 is 0. The summed E-state index contributed by atoms with van der Waals surface area (Å²) in [6.07, 6.45) is 4.59. The number of halogens is 1. The first-order chi connectivity index (χ1) is 15.9. The van der Waals surface area contributed by atoms with Crippen molar-refractivity contribution in [3.63, 3.8) is 0 Å². The average Bonchev–Trinajstić information content (AvgIpc) is 3.18. The van der Waals surface area contributed by atoms with Gasteiger partial charge in [-0.2, -0.15) is 5.26 Å². The van der Waals surface area contributed by atoms with Gasteiger partial charge in [-0.3, -0.25) is 14.4 Å². The van der Waals surface area contributed by atoms with Crippen molar-refractivity contribution in [1.29, 1.82) is 5.26 Å². The van der Waals surface area contributed by atoms with Gasteiger partial charge in [0.05, 0.1) is 34.6 Å². The number of fused-ring (bicyclic) bond motifs is 1. The Balaban J connectivity index is 1.97. The molecule has 0 saturated carbocycles. The number of hydrogen-bond acceptors (Lipinski definition) is 7. The minimum atomic E-state index is -1.67. The number of pyridine rings is 2. The van der Waals surface area contributed by atoms with E-state index in [-0.39, 0.29) is 24.2 Å². The van der Waals surface area contributed by atoms with Crippen LogP contribution in [0.15, 0.2) is 41.8 Å². The summed E-state index contributed by atoms with van der Waals surface area (Å²) in [4.78, 5) is 25.8. The SMILES string of the molecule is CC(C)(O)CC=Nc1cc(-n2ccc3cc(C#N)cnc32)ncc1C(=O)NCC(F)C(C)(C)O. The van der Waals surface area contributed by atoms with E-state index in [4.69, 9.17) is 5.26 Å². The predicted octanol–water partition coefficient (Wildman–Crippen LogP) is 2.99. The maximum Gasteiger partial charge on any atom is 0.255 e. The molecule has 3 aromatic rings. The molecule has 34 heavy (non-hydrogen) atoms. The highest BCUT2D eigenvalue weighted by Gasteiger charge is 2.27. The summed E-state index contributed by atoms with van der Waals surface area (Å²) in [6.45, 7) is 5.53. The van der Waals surface area contributed by atoms with Crippen LogP contribution in [-0.2, 0) is 0 Å². The lowest BCUT2D eigenvalue weighted by Gasteiger charge is -2.22. The fraction of sp³-hybridized carbons (Fsp3) is 0.375. The van der Waals surface area contributed by atoms with Crippen LogP contribution in [0.1, 0.15) is 50.0 Å². The molecule has 3 heterocycles. The second-order valence-corrected chi connectivity index (χ2v) is 9.15. The van der Waals surface area contributed by atoms with Gasteiger partial charge in [-0.15, -0.1) is 0 Å². The Bertz CT molecular complexity index is 1260. The Morgan fingerprint density at radius 3 is 2.68 bits per heavy atom. The summed E-state index contributed by atoms with van der Waals surface area (Å²) in [7, 11) is 0. The molecule has 1 unspecified atom stereocenters. The number of aliphatic imine (C=N–C) groups is 1. The summed E-state index contributed by atoms with van der Waals surface area (Å²) in [5.41, 5.74) is -1.22. The van der Waals surface area contributed by atoms with Gasteiger partial charge in [0.2, 0.25) is 0 Å². The predicted molar refractivity (Wildman–Crippen MR) is 126 cm³/mol. The summed E-state index contributed by atoms with van der Waals surface area (Å²) in [6, 6.07) is 7.13. The molecule has 178 valence electrons. The van der Waals surface area contributed by atoms with Gasteiger partial charge in [0.25, 0.3) is 5.91 Å². The Kier molecular flexibility index (Phi) is 7.09. The molecule has 0 spiro atoms. The van der Waals surface area contributed by atoms with Gasteiger partial charge in [-0.1, -0.05) is 0 Å². The van der Waals surface area contributed by atoms with Crippen molar-refractivity contribution in [3.05, 3.63) is 47.9 Å². The average molecular weight is 467 g/mol. The minimum absolute atomic E-state index is 0.106. The van der Waals surface area contributed by atoms with Gasteiger partial charge in [-0.25, -0.2) is 14.4 Å². The van der Waals surface area contributed by atoms with E-state index in [1.54, 1.807) is 42.8 Å². The Morgan fingerprint density at radius 2 is 2.03 bits per heavy atom. The zero-order valence-electron chi connectivity index (χ0n) is 19.4. The smallest absolute Gasteiger partial charge is 0.255 e. The Labute approximate surface area is 196 Å². The molecule has 0 saturated heterocycles. The van der Waals surface area contributed by atoms with E-state index in [1.807, 2.05) is 6.07 Å². The molecule has 0 fully saturated rings. The van der Waals surface area contributed by atoms with Crippen molar-refractivity contribution < 1.29 is 19.4 Å². The normalized spacial score (nSPS) is 13.2. The number of hydrogen-bond donors (Lipinski definition) is 3. The van der Waals surface area contributed by atoms with Crippen molar-refractivity contribution >= 4 is 28.8 Å². The number of aliphatic hydroxyl groups is 2. The number of carbonyl (C=O) groups excluding carboxylic acids is 1. The number of aromatic nitrogens is 3. The maximum absolute atomic E-state index is 14.1. The molecule has 0 aliphatic carbocycles. The first-order valence-electron chi connectivity index (χ1n) is 10.7. The first-order valence-corrected chi connectivity index (χ1v) is 10.7. The van der Waals surface area contributed by atoms with Gasteiger partial charge < -0.3 is 15.5 Å². The van der Waals surface area contributed by atoms with Crippen LogP contribution in [0, 0.1) is 11.3 Å². The number of nitrogens with zero attached hydrogens (tertiary/aromatic N) is 5. The zero-order chi connectivity index (χ0) is 25.1. The standard InChI is InChI=1S/C24H27FN6O3/c1-23(2,33)6-7-27-18-10-20(31-8-5-16-9-15(11-26)12-29-21(16)31)28-13-17(18)22(32)30-14-19(25)24(3,4)34/h5,7-10,12-13,19,33-34H,6,14H2,1-4H3,(H,30,32). The molecule has 9 nitrogen and oxygen atoms in total. The lowest BCUT2D eigenvalue weighted by Crippen LogP contribution is -2.42. The fourth-order valence-corrected chi connectivity index (χ4v) is 3.01. The second kappa shape index (κ2) is 9.67. The number of amides is 1. The molecule has 0 aromatic carbocycles. The van der Waals surface area contributed by atoms with Crippen LogP contribution in [0.5, 0.6) is 0 Å². The van der Waals surface area contributed by atoms with E-state index >= 15 is 0 Å². The van der Waals surface area contributed by atoms with Crippen LogP contribution in [-0.4, -0.2) is 60.8 Å². The van der Waals surface area contributed by atoms with Crippen molar-refractivity contribution in [1.82, 2.24) is 19.9 Å². The number of nitriles is 1. The van der Waals surface area contributed by atoms with Crippen LogP contribution < -0.4 is 5.32 Å². The highest BCUT2D eigenvalue weighted by atomic mass is 19.1. The molecule has 0 bridgehead atoms. The maximum atomic E-state index is 14.1. The monoisotopic (exact) mass is 466 g/mol. The third-order valence-corrected chi connectivity index (χ3v) is 5.04. The minimum Gasteiger partial charge on any atom is -0.390 e. The van der Waals surface area contributed by atoms with E-state index in [0.29, 0.717) is 17.0 Å². The van der Waals surface area contributed by atoms with Crippen LogP contribution >= 0.6 is 0 Å². The molecular weight excluding hydrogens is 439 g/mol. The number of alkyl halides is 1. The molecule has 0 aliphatic heterocycles. The van der Waals surface area contributed by atoms with Crippen LogP contribution in [0.25, 0.3) is 16.9 Å². The van der Waals surface area contributed by atoms with Crippen LogP contribution in [0.3, 0.4) is 0 Å². The van der Waals surface area contributed by atoms with Gasteiger partial charge >= 0.3 is 0 Å². The molecular formula is C24H27FN6O3. The largest absolute Gasteiger partial charge is 0.390 e. The van der Waals surface area contributed by atoms with E-state index in [9.17, 15) is 19.4 Å². The summed E-state index contributed by atoms with van der Waals surface area (Å²) in [5.74, 6) is -0.172. The summed E-state index contributed by atoms with van der Waals surface area (Å²) < 4.78 is 15.8. The Hall–Kier alpha value is -3.68. The van der Waals surface area contributed by atoms with Crippen molar-refractivity contribution in [2.75, 3.05) is 6.54 Å². The topological polar surface area (TPSA) is 136 Å². The zero-order valence-corrected chi connectivity index (χ0v) is 19.4. The third-order valence-electron chi connectivity index (χ3n) is 5.04. The second-order valence-electron chi connectivity index (χ2n) is 9.15. The van der Waals surface area contributed by atoms with Gasteiger partial charge in [-0.05, 0) is 39.8 Å². The fourth-order valence-electron chi connectivity index (χ4n) is 3.01. The van der Waals surface area contributed by atoms with Gasteiger partial charge in [0.1, 0.15) is 23.7 Å². The highest BCUT2D eigenvalue weighted by Crippen LogP contribution is 2.25.